The normalized spacial score (nSPS) is 17.3. The third-order valence-electron chi connectivity index (χ3n) is 5.51. The molecule has 1 amide bonds. The van der Waals surface area contributed by atoms with Gasteiger partial charge in [0.25, 0.3) is 0 Å². The molecule has 1 aromatic heterocycles. The minimum absolute atomic E-state index is 0.0837. The van der Waals surface area contributed by atoms with Crippen LogP contribution in [-0.4, -0.2) is 71.3 Å². The van der Waals surface area contributed by atoms with Gasteiger partial charge < -0.3 is 19.9 Å². The van der Waals surface area contributed by atoms with E-state index in [1.54, 1.807) is 24.4 Å². The summed E-state index contributed by atoms with van der Waals surface area (Å²) in [6, 6.07) is 9.09. The highest BCUT2D eigenvalue weighted by Gasteiger charge is 2.26. The number of ether oxygens (including phenoxy) is 2. The van der Waals surface area contributed by atoms with Crippen LogP contribution in [0.15, 0.2) is 42.7 Å². The number of carbonyl (C=O) groups excluding carboxylic acids is 1. The van der Waals surface area contributed by atoms with Gasteiger partial charge >= 0.3 is 5.97 Å². The number of rotatable bonds is 8. The molecule has 1 aromatic carbocycles. The SMILES string of the molecule is O=C(CC(CN1CCN(Cc2cccnc2)CC1)C(=O)O)Nc1ccc2c(c1)OCO2. The molecular formula is C22H26N4O5. The van der Waals surface area contributed by atoms with Crippen molar-refractivity contribution in [3.63, 3.8) is 0 Å². The number of nitrogens with one attached hydrogen (secondary N) is 1. The van der Waals surface area contributed by atoms with Crippen molar-refractivity contribution in [2.45, 2.75) is 13.0 Å². The molecule has 2 N–H and O–H groups in total. The molecular weight excluding hydrogens is 400 g/mol. The van der Waals surface area contributed by atoms with Crippen LogP contribution in [0.2, 0.25) is 0 Å². The van der Waals surface area contributed by atoms with Crippen LogP contribution >= 0.6 is 0 Å². The number of carbonyl (C=O) groups is 2. The number of amides is 1. The number of nitrogens with zero attached hydrogens (tertiary/aromatic N) is 3. The van der Waals surface area contributed by atoms with Crippen molar-refractivity contribution in [3.8, 4) is 11.5 Å². The smallest absolute Gasteiger partial charge is 0.308 e. The molecule has 0 aliphatic carbocycles. The number of carboxylic acids is 1. The largest absolute Gasteiger partial charge is 0.481 e. The van der Waals surface area contributed by atoms with Crippen LogP contribution in [0.25, 0.3) is 0 Å². The molecule has 3 heterocycles. The van der Waals surface area contributed by atoms with E-state index >= 15 is 0 Å². The molecule has 2 aliphatic rings. The maximum Gasteiger partial charge on any atom is 0.308 e. The van der Waals surface area contributed by atoms with Gasteiger partial charge in [0.05, 0.1) is 5.92 Å². The fraction of sp³-hybridized carbons (Fsp3) is 0.409. The first-order chi connectivity index (χ1) is 15.1. The summed E-state index contributed by atoms with van der Waals surface area (Å²) in [5.41, 5.74) is 1.72. The lowest BCUT2D eigenvalue weighted by atomic mass is 10.0. The number of anilines is 1. The Bertz CT molecular complexity index is 915. The second-order valence-corrected chi connectivity index (χ2v) is 7.79. The number of fused-ring (bicyclic) bond motifs is 1. The maximum absolute atomic E-state index is 12.4. The van der Waals surface area contributed by atoms with E-state index in [2.05, 4.69) is 26.2 Å². The molecule has 1 fully saturated rings. The standard InChI is InChI=1S/C22H26N4O5/c27-21(24-18-3-4-19-20(11-18)31-15-30-19)10-17(22(28)29)14-26-8-6-25(7-9-26)13-16-2-1-5-23-12-16/h1-5,11-12,17H,6-10,13-15H2,(H,24,27)(H,28,29). The molecule has 1 unspecified atom stereocenters. The van der Waals surface area contributed by atoms with Gasteiger partial charge in [0.15, 0.2) is 11.5 Å². The fourth-order valence-electron chi connectivity index (χ4n) is 3.83. The third kappa shape index (κ3) is 5.71. The van der Waals surface area contributed by atoms with Gasteiger partial charge in [-0.15, -0.1) is 0 Å². The number of hydrogen-bond donors (Lipinski definition) is 2. The molecule has 2 aliphatic heterocycles. The monoisotopic (exact) mass is 426 g/mol. The molecule has 1 saturated heterocycles. The van der Waals surface area contributed by atoms with Gasteiger partial charge in [-0.05, 0) is 23.8 Å². The molecule has 9 nitrogen and oxygen atoms in total. The van der Waals surface area contributed by atoms with Crippen LogP contribution in [0.4, 0.5) is 5.69 Å². The van der Waals surface area contributed by atoms with Gasteiger partial charge in [-0.3, -0.25) is 24.4 Å². The van der Waals surface area contributed by atoms with E-state index < -0.39 is 11.9 Å². The van der Waals surface area contributed by atoms with Crippen molar-refractivity contribution in [1.82, 2.24) is 14.8 Å². The predicted molar refractivity (Wildman–Crippen MR) is 113 cm³/mol. The number of aromatic nitrogens is 1. The molecule has 4 rings (SSSR count). The molecule has 0 saturated carbocycles. The van der Waals surface area contributed by atoms with Crippen LogP contribution in [0.5, 0.6) is 11.5 Å². The number of piperazine rings is 1. The number of aliphatic carboxylic acids is 1. The Morgan fingerprint density at radius 3 is 2.61 bits per heavy atom. The van der Waals surface area contributed by atoms with Crippen LogP contribution in [0.1, 0.15) is 12.0 Å². The van der Waals surface area contributed by atoms with E-state index in [1.165, 1.54) is 5.56 Å². The van der Waals surface area contributed by atoms with Crippen LogP contribution in [0, 0.1) is 5.92 Å². The third-order valence-corrected chi connectivity index (χ3v) is 5.51. The minimum atomic E-state index is -0.960. The van der Waals surface area contributed by atoms with E-state index in [4.69, 9.17) is 9.47 Å². The van der Waals surface area contributed by atoms with Crippen LogP contribution in [0.3, 0.4) is 0 Å². The second kappa shape index (κ2) is 9.76. The Hall–Kier alpha value is -3.17. The average molecular weight is 426 g/mol. The zero-order valence-electron chi connectivity index (χ0n) is 17.2. The Labute approximate surface area is 180 Å². The first kappa shape index (κ1) is 21.1. The summed E-state index contributed by atoms with van der Waals surface area (Å²) in [4.78, 5) is 32.8. The van der Waals surface area contributed by atoms with Gasteiger partial charge in [0.1, 0.15) is 0 Å². The van der Waals surface area contributed by atoms with E-state index in [0.29, 0.717) is 23.7 Å². The lowest BCUT2D eigenvalue weighted by Gasteiger charge is -2.35. The summed E-state index contributed by atoms with van der Waals surface area (Å²) < 4.78 is 10.6. The van der Waals surface area contributed by atoms with Crippen LogP contribution < -0.4 is 14.8 Å². The minimum Gasteiger partial charge on any atom is -0.481 e. The van der Waals surface area contributed by atoms with Crippen molar-refractivity contribution >= 4 is 17.6 Å². The zero-order chi connectivity index (χ0) is 21.6. The highest BCUT2D eigenvalue weighted by atomic mass is 16.7. The van der Waals surface area contributed by atoms with E-state index in [9.17, 15) is 14.7 Å². The average Bonchev–Trinajstić information content (AvgIpc) is 3.23. The zero-order valence-corrected chi connectivity index (χ0v) is 17.2. The van der Waals surface area contributed by atoms with Gasteiger partial charge in [-0.1, -0.05) is 6.07 Å². The van der Waals surface area contributed by atoms with E-state index in [1.807, 2.05) is 12.3 Å². The van der Waals surface area contributed by atoms with Crippen molar-refractivity contribution in [3.05, 3.63) is 48.3 Å². The van der Waals surface area contributed by atoms with Crippen molar-refractivity contribution in [1.29, 1.82) is 0 Å². The quantitative estimate of drug-likeness (QED) is 0.657. The topological polar surface area (TPSA) is 104 Å². The lowest BCUT2D eigenvalue weighted by molar-refractivity contribution is -0.144. The number of pyridine rings is 1. The van der Waals surface area contributed by atoms with Crippen LogP contribution in [-0.2, 0) is 16.1 Å². The summed E-state index contributed by atoms with van der Waals surface area (Å²) in [7, 11) is 0. The summed E-state index contributed by atoms with van der Waals surface area (Å²) in [5, 5.41) is 12.4. The van der Waals surface area contributed by atoms with Crippen molar-refractivity contribution in [2.24, 2.45) is 5.92 Å². The summed E-state index contributed by atoms with van der Waals surface area (Å²) in [6.45, 7) is 4.59. The van der Waals surface area contributed by atoms with Crippen molar-refractivity contribution in [2.75, 3.05) is 44.8 Å². The lowest BCUT2D eigenvalue weighted by Crippen LogP contribution is -2.48. The maximum atomic E-state index is 12.4. The highest BCUT2D eigenvalue weighted by Crippen LogP contribution is 2.34. The number of carboxylic acid groups (broad SMARTS) is 1. The number of benzene rings is 1. The molecule has 31 heavy (non-hydrogen) atoms. The molecule has 164 valence electrons. The summed E-state index contributed by atoms with van der Waals surface area (Å²) >= 11 is 0. The Morgan fingerprint density at radius 1 is 1.10 bits per heavy atom. The van der Waals surface area contributed by atoms with Gasteiger partial charge in [-0.2, -0.15) is 0 Å². The van der Waals surface area contributed by atoms with Gasteiger partial charge in [-0.25, -0.2) is 0 Å². The van der Waals surface area contributed by atoms with Gasteiger partial charge in [0.2, 0.25) is 12.7 Å². The molecule has 0 radical (unpaired) electrons. The Balaban J connectivity index is 1.25. The highest BCUT2D eigenvalue weighted by molar-refractivity contribution is 5.93. The Morgan fingerprint density at radius 2 is 1.87 bits per heavy atom. The van der Waals surface area contributed by atoms with E-state index in [-0.39, 0.29) is 19.1 Å². The molecule has 0 bridgehead atoms. The second-order valence-electron chi connectivity index (χ2n) is 7.79. The Kier molecular flexibility index (Phi) is 6.63. The first-order valence-corrected chi connectivity index (χ1v) is 10.3. The summed E-state index contributed by atoms with van der Waals surface area (Å²) in [5.74, 6) is -0.861. The van der Waals surface area contributed by atoms with E-state index in [0.717, 1.165) is 32.7 Å². The number of hydrogen-bond acceptors (Lipinski definition) is 7. The molecule has 1 atom stereocenters. The van der Waals surface area contributed by atoms with Crippen molar-refractivity contribution < 1.29 is 24.2 Å². The first-order valence-electron chi connectivity index (χ1n) is 10.3. The van der Waals surface area contributed by atoms with Gasteiger partial charge in [0, 0.05) is 69.8 Å². The molecule has 2 aromatic rings. The fourth-order valence-corrected chi connectivity index (χ4v) is 3.83. The summed E-state index contributed by atoms with van der Waals surface area (Å²) in [6.07, 6.45) is 3.54. The molecule has 0 spiro atoms. The molecule has 9 heteroatoms. The predicted octanol–water partition coefficient (Wildman–Crippen LogP) is 1.66.